The number of para-hydroxylation sites is 2. The predicted octanol–water partition coefficient (Wildman–Crippen LogP) is 4.41. The highest BCUT2D eigenvalue weighted by Crippen LogP contribution is 2.47. The molecule has 0 saturated heterocycles. The SMILES string of the molecule is CCOc1ccccc1NCc1ccc(C2CC2C)o1. The first-order valence-electron chi connectivity index (χ1n) is 7.32. The Labute approximate surface area is 119 Å². The summed E-state index contributed by atoms with van der Waals surface area (Å²) < 4.78 is 11.5. The number of ether oxygens (including phenoxy) is 1. The van der Waals surface area contributed by atoms with Gasteiger partial charge in [0.2, 0.25) is 0 Å². The summed E-state index contributed by atoms with van der Waals surface area (Å²) in [5.74, 6) is 4.41. The van der Waals surface area contributed by atoms with E-state index in [1.807, 2.05) is 31.2 Å². The van der Waals surface area contributed by atoms with Crippen molar-refractivity contribution in [2.45, 2.75) is 32.7 Å². The van der Waals surface area contributed by atoms with Crippen LogP contribution in [0.3, 0.4) is 0 Å². The second-order valence-corrected chi connectivity index (χ2v) is 5.41. The van der Waals surface area contributed by atoms with Crippen LogP contribution in [0, 0.1) is 5.92 Å². The fourth-order valence-corrected chi connectivity index (χ4v) is 2.48. The molecular formula is C17H21NO2. The number of furan rings is 1. The Kier molecular flexibility index (Phi) is 3.68. The summed E-state index contributed by atoms with van der Waals surface area (Å²) in [6, 6.07) is 12.2. The van der Waals surface area contributed by atoms with E-state index < -0.39 is 0 Å². The van der Waals surface area contributed by atoms with Crippen LogP contribution >= 0.6 is 0 Å². The monoisotopic (exact) mass is 271 g/mol. The van der Waals surface area contributed by atoms with Gasteiger partial charge in [-0.05, 0) is 43.5 Å². The molecule has 106 valence electrons. The topological polar surface area (TPSA) is 34.4 Å². The molecule has 1 N–H and O–H groups in total. The van der Waals surface area contributed by atoms with Gasteiger partial charge in [0.1, 0.15) is 17.3 Å². The van der Waals surface area contributed by atoms with Gasteiger partial charge in [0.15, 0.2) is 0 Å². The molecule has 1 fully saturated rings. The van der Waals surface area contributed by atoms with Gasteiger partial charge in [-0.25, -0.2) is 0 Å². The molecule has 3 heteroatoms. The van der Waals surface area contributed by atoms with Gasteiger partial charge in [-0.2, -0.15) is 0 Å². The van der Waals surface area contributed by atoms with Gasteiger partial charge in [-0.3, -0.25) is 0 Å². The smallest absolute Gasteiger partial charge is 0.142 e. The van der Waals surface area contributed by atoms with Crippen LogP contribution in [-0.2, 0) is 6.54 Å². The first kappa shape index (κ1) is 13.1. The average Bonchev–Trinajstić information content (AvgIpc) is 3.01. The zero-order chi connectivity index (χ0) is 13.9. The van der Waals surface area contributed by atoms with E-state index >= 15 is 0 Å². The number of anilines is 1. The summed E-state index contributed by atoms with van der Waals surface area (Å²) in [5, 5.41) is 3.38. The van der Waals surface area contributed by atoms with Crippen molar-refractivity contribution in [1.82, 2.24) is 0 Å². The maximum atomic E-state index is 5.90. The van der Waals surface area contributed by atoms with Crippen LogP contribution in [0.1, 0.15) is 37.7 Å². The van der Waals surface area contributed by atoms with Gasteiger partial charge in [0.25, 0.3) is 0 Å². The molecule has 2 aromatic rings. The molecule has 2 unspecified atom stereocenters. The summed E-state index contributed by atoms with van der Waals surface area (Å²) >= 11 is 0. The van der Waals surface area contributed by atoms with E-state index in [0.717, 1.165) is 28.9 Å². The average molecular weight is 271 g/mol. The molecule has 0 aliphatic heterocycles. The lowest BCUT2D eigenvalue weighted by atomic mass is 10.2. The normalized spacial score (nSPS) is 20.7. The Morgan fingerprint density at radius 3 is 2.80 bits per heavy atom. The highest BCUT2D eigenvalue weighted by Gasteiger charge is 2.36. The minimum absolute atomic E-state index is 0.638. The summed E-state index contributed by atoms with van der Waals surface area (Å²) in [5.41, 5.74) is 1.01. The lowest BCUT2D eigenvalue weighted by Crippen LogP contribution is -2.01. The maximum absolute atomic E-state index is 5.90. The van der Waals surface area contributed by atoms with E-state index in [-0.39, 0.29) is 0 Å². The summed E-state index contributed by atoms with van der Waals surface area (Å²) in [7, 11) is 0. The third-order valence-corrected chi connectivity index (χ3v) is 3.80. The fraction of sp³-hybridized carbons (Fsp3) is 0.412. The Balaban J connectivity index is 1.63. The number of hydrogen-bond donors (Lipinski definition) is 1. The maximum Gasteiger partial charge on any atom is 0.142 e. The number of nitrogens with one attached hydrogen (secondary N) is 1. The molecule has 0 radical (unpaired) electrons. The van der Waals surface area contributed by atoms with Gasteiger partial charge < -0.3 is 14.5 Å². The molecule has 0 spiro atoms. The van der Waals surface area contributed by atoms with Gasteiger partial charge in [-0.1, -0.05) is 19.1 Å². The second kappa shape index (κ2) is 5.61. The molecule has 0 amide bonds. The number of rotatable bonds is 6. The van der Waals surface area contributed by atoms with Crippen molar-refractivity contribution < 1.29 is 9.15 Å². The van der Waals surface area contributed by atoms with Crippen molar-refractivity contribution in [2.75, 3.05) is 11.9 Å². The van der Waals surface area contributed by atoms with Gasteiger partial charge in [0.05, 0.1) is 18.8 Å². The van der Waals surface area contributed by atoms with E-state index in [4.69, 9.17) is 9.15 Å². The minimum Gasteiger partial charge on any atom is -0.492 e. The molecule has 1 heterocycles. The standard InChI is InChI=1S/C17H21NO2/c1-3-19-17-7-5-4-6-15(17)18-11-13-8-9-16(20-13)14-10-12(14)2/h4-9,12,14,18H,3,10-11H2,1-2H3. The van der Waals surface area contributed by atoms with Crippen LogP contribution in [0.4, 0.5) is 5.69 Å². The molecule has 1 aromatic carbocycles. The zero-order valence-electron chi connectivity index (χ0n) is 12.1. The molecule has 1 saturated carbocycles. The third kappa shape index (κ3) is 2.82. The van der Waals surface area contributed by atoms with Crippen molar-refractivity contribution in [2.24, 2.45) is 5.92 Å². The van der Waals surface area contributed by atoms with Crippen LogP contribution in [0.25, 0.3) is 0 Å². The van der Waals surface area contributed by atoms with Crippen molar-refractivity contribution in [3.8, 4) is 5.75 Å². The predicted molar refractivity (Wildman–Crippen MR) is 80.2 cm³/mol. The van der Waals surface area contributed by atoms with Crippen molar-refractivity contribution in [3.05, 3.63) is 47.9 Å². The van der Waals surface area contributed by atoms with Gasteiger partial charge >= 0.3 is 0 Å². The molecule has 3 rings (SSSR count). The molecule has 3 nitrogen and oxygen atoms in total. The number of benzene rings is 1. The van der Waals surface area contributed by atoms with E-state index in [1.165, 1.54) is 6.42 Å². The molecule has 2 atom stereocenters. The first-order chi connectivity index (χ1) is 9.78. The van der Waals surface area contributed by atoms with Gasteiger partial charge in [-0.15, -0.1) is 0 Å². The molecule has 1 aromatic heterocycles. The number of hydrogen-bond acceptors (Lipinski definition) is 3. The lowest BCUT2D eigenvalue weighted by molar-refractivity contribution is 0.341. The lowest BCUT2D eigenvalue weighted by Gasteiger charge is -2.11. The molecule has 0 bridgehead atoms. The largest absolute Gasteiger partial charge is 0.492 e. The first-order valence-corrected chi connectivity index (χ1v) is 7.32. The van der Waals surface area contributed by atoms with E-state index in [9.17, 15) is 0 Å². The van der Waals surface area contributed by atoms with E-state index in [1.54, 1.807) is 0 Å². The van der Waals surface area contributed by atoms with Crippen molar-refractivity contribution in [3.63, 3.8) is 0 Å². The summed E-state index contributed by atoms with van der Waals surface area (Å²) in [6.45, 7) is 5.62. The van der Waals surface area contributed by atoms with Crippen LogP contribution in [-0.4, -0.2) is 6.61 Å². The molecule has 20 heavy (non-hydrogen) atoms. The highest BCUT2D eigenvalue weighted by molar-refractivity contribution is 5.56. The van der Waals surface area contributed by atoms with Crippen LogP contribution < -0.4 is 10.1 Å². The van der Waals surface area contributed by atoms with E-state index in [0.29, 0.717) is 19.1 Å². The van der Waals surface area contributed by atoms with Crippen molar-refractivity contribution >= 4 is 5.69 Å². The molecule has 1 aliphatic carbocycles. The second-order valence-electron chi connectivity index (χ2n) is 5.41. The van der Waals surface area contributed by atoms with E-state index in [2.05, 4.69) is 24.4 Å². The van der Waals surface area contributed by atoms with Crippen LogP contribution in [0.5, 0.6) is 5.75 Å². The molecule has 1 aliphatic rings. The Morgan fingerprint density at radius 2 is 2.05 bits per heavy atom. The fourth-order valence-electron chi connectivity index (χ4n) is 2.48. The van der Waals surface area contributed by atoms with Gasteiger partial charge in [0, 0.05) is 5.92 Å². The third-order valence-electron chi connectivity index (χ3n) is 3.80. The van der Waals surface area contributed by atoms with Crippen LogP contribution in [0.15, 0.2) is 40.8 Å². The highest BCUT2D eigenvalue weighted by atomic mass is 16.5. The van der Waals surface area contributed by atoms with Crippen molar-refractivity contribution in [1.29, 1.82) is 0 Å². The summed E-state index contributed by atoms with van der Waals surface area (Å²) in [6.07, 6.45) is 1.26. The molecular weight excluding hydrogens is 250 g/mol. The Hall–Kier alpha value is -1.90. The zero-order valence-corrected chi connectivity index (χ0v) is 12.1. The Morgan fingerprint density at radius 1 is 1.25 bits per heavy atom. The summed E-state index contributed by atoms with van der Waals surface area (Å²) in [4.78, 5) is 0. The minimum atomic E-state index is 0.638. The Bertz CT molecular complexity index is 576. The quantitative estimate of drug-likeness (QED) is 0.844. The van der Waals surface area contributed by atoms with Crippen LogP contribution in [0.2, 0.25) is 0 Å².